The second-order valence-electron chi connectivity index (χ2n) is 13.4. The maximum Gasteiger partial charge on any atom is 0.573 e. The quantitative estimate of drug-likeness (QED) is 0.138. The van der Waals surface area contributed by atoms with E-state index in [9.17, 15) is 22.4 Å². The van der Waals surface area contributed by atoms with E-state index in [1.807, 2.05) is 31.2 Å². The molecular weight excluding hydrogens is 840 g/mol. The van der Waals surface area contributed by atoms with E-state index in [-0.39, 0.29) is 23.4 Å². The van der Waals surface area contributed by atoms with Crippen molar-refractivity contribution in [3.05, 3.63) is 148 Å². The molecule has 7 aromatic rings. The third-order valence-corrected chi connectivity index (χ3v) is 10.3. The first-order valence-corrected chi connectivity index (χ1v) is 19.5. The van der Waals surface area contributed by atoms with E-state index in [2.05, 4.69) is 68.3 Å². The van der Waals surface area contributed by atoms with E-state index in [0.29, 0.717) is 46.5 Å². The van der Waals surface area contributed by atoms with Gasteiger partial charge in [0.05, 0.1) is 16.2 Å². The molecule has 298 valence electrons. The highest BCUT2D eigenvalue weighted by atomic mass is 79.9. The van der Waals surface area contributed by atoms with Crippen molar-refractivity contribution in [2.75, 3.05) is 23.3 Å². The summed E-state index contributed by atoms with van der Waals surface area (Å²) in [6.07, 6.45) is 2.53. The van der Waals surface area contributed by atoms with E-state index >= 15 is 0 Å². The molecule has 1 aliphatic rings. The van der Waals surface area contributed by atoms with E-state index in [1.165, 1.54) is 30.6 Å². The maximum absolute atomic E-state index is 13.1. The van der Waals surface area contributed by atoms with Crippen LogP contribution in [0.5, 0.6) is 5.75 Å². The molecule has 0 spiro atoms. The number of amides is 1. The van der Waals surface area contributed by atoms with Gasteiger partial charge < -0.3 is 20.3 Å². The van der Waals surface area contributed by atoms with Crippen molar-refractivity contribution >= 4 is 67.3 Å². The van der Waals surface area contributed by atoms with Crippen LogP contribution in [-0.4, -0.2) is 49.7 Å². The third kappa shape index (κ3) is 10.0. The molecule has 3 aromatic carbocycles. The van der Waals surface area contributed by atoms with Crippen molar-refractivity contribution in [1.29, 1.82) is 0 Å². The summed E-state index contributed by atoms with van der Waals surface area (Å²) in [5.74, 6) is 0.823. The third-order valence-electron chi connectivity index (χ3n) is 9.61. The lowest BCUT2D eigenvalue weighted by Crippen LogP contribution is -2.32. The lowest BCUT2D eigenvalue weighted by molar-refractivity contribution is -0.274. The van der Waals surface area contributed by atoms with Crippen molar-refractivity contribution < 1.29 is 27.1 Å². The number of rotatable bonds is 9. The summed E-state index contributed by atoms with van der Waals surface area (Å²) in [6.45, 7) is 4.04. The predicted octanol–water partition coefficient (Wildman–Crippen LogP) is 10.4. The van der Waals surface area contributed by atoms with Crippen LogP contribution >= 0.6 is 27.5 Å². The largest absolute Gasteiger partial charge is 0.573 e. The number of pyridine rings is 2. The Morgan fingerprint density at radius 2 is 1.71 bits per heavy atom. The fourth-order valence-corrected chi connectivity index (χ4v) is 7.15. The molecule has 2 N–H and O–H groups in total. The normalized spacial score (nSPS) is 13.3. The molecule has 16 heteroatoms. The first kappa shape index (κ1) is 40.4. The Kier molecular flexibility index (Phi) is 12.4. The second-order valence-corrected chi connectivity index (χ2v) is 14.8. The van der Waals surface area contributed by atoms with Crippen LogP contribution in [0.3, 0.4) is 0 Å². The molecule has 0 atom stereocenters. The number of anilines is 3. The number of aryl methyl sites for hydroxylation is 1. The summed E-state index contributed by atoms with van der Waals surface area (Å²) in [6, 6.07) is 25.9. The molecule has 4 aromatic heterocycles. The summed E-state index contributed by atoms with van der Waals surface area (Å²) >= 11 is 9.46. The van der Waals surface area contributed by atoms with Crippen molar-refractivity contribution in [2.45, 2.75) is 45.0 Å². The average molecular weight is 876 g/mol. The first-order valence-electron chi connectivity index (χ1n) is 18.4. The Bertz CT molecular complexity index is 2510. The van der Waals surface area contributed by atoms with Gasteiger partial charge in [-0.1, -0.05) is 42.8 Å². The fraction of sp³-hybridized carbons (Fsp3) is 0.214. The first-order chi connectivity index (χ1) is 27.9. The van der Waals surface area contributed by atoms with Gasteiger partial charge >= 0.3 is 6.36 Å². The van der Waals surface area contributed by atoms with Gasteiger partial charge in [-0.25, -0.2) is 24.3 Å². The number of halogens is 6. The number of aromatic nitrogens is 5. The molecule has 1 fully saturated rings. The minimum Gasteiger partial charge on any atom is -0.406 e. The number of ether oxygens (including phenoxy) is 1. The van der Waals surface area contributed by atoms with Crippen LogP contribution in [0.15, 0.2) is 114 Å². The van der Waals surface area contributed by atoms with Crippen LogP contribution in [-0.2, 0) is 13.0 Å². The van der Waals surface area contributed by atoms with E-state index < -0.39 is 6.36 Å². The molecule has 1 amide bonds. The number of imidazole rings is 1. The van der Waals surface area contributed by atoms with Crippen molar-refractivity contribution in [2.24, 2.45) is 0 Å². The Morgan fingerprint density at radius 3 is 2.40 bits per heavy atom. The second kappa shape index (κ2) is 17.8. The highest BCUT2D eigenvalue weighted by molar-refractivity contribution is 9.10. The van der Waals surface area contributed by atoms with Gasteiger partial charge in [0.15, 0.2) is 0 Å². The zero-order chi connectivity index (χ0) is 40.8. The van der Waals surface area contributed by atoms with Gasteiger partial charge in [-0.05, 0) is 113 Å². The van der Waals surface area contributed by atoms with Crippen LogP contribution in [0.4, 0.5) is 34.9 Å². The van der Waals surface area contributed by atoms with Gasteiger partial charge in [-0.2, -0.15) is 0 Å². The Balaban J connectivity index is 0.000000224. The molecule has 0 radical (unpaired) electrons. The Hall–Kier alpha value is -5.80. The van der Waals surface area contributed by atoms with Gasteiger partial charge in [0.2, 0.25) is 0 Å². The SMILES string of the molecule is CCc1nc2ccc(Cl)cn2c1C(=O)NCc1ccc(N2CCC(c3ccc(OC(F)(F)F)cc3)CC2)cc1.Fc1ccc2c(Nc3ccc(Br)cn3)ncnc2c1. The highest BCUT2D eigenvalue weighted by Crippen LogP contribution is 2.33. The Labute approximate surface area is 344 Å². The van der Waals surface area contributed by atoms with Crippen LogP contribution < -0.4 is 20.3 Å². The van der Waals surface area contributed by atoms with Crippen LogP contribution in [0, 0.1) is 5.82 Å². The van der Waals surface area contributed by atoms with E-state index in [4.69, 9.17) is 11.6 Å². The number of carbonyl (C=O) groups excluding carboxylic acids is 1. The monoisotopic (exact) mass is 874 g/mol. The number of hydrogen-bond donors (Lipinski definition) is 2. The summed E-state index contributed by atoms with van der Waals surface area (Å²) in [4.78, 5) is 32.3. The smallest absolute Gasteiger partial charge is 0.406 e. The number of nitrogens with zero attached hydrogens (tertiary/aromatic N) is 6. The highest BCUT2D eigenvalue weighted by Gasteiger charge is 2.31. The zero-order valence-corrected chi connectivity index (χ0v) is 33.3. The van der Waals surface area contributed by atoms with Crippen LogP contribution in [0.25, 0.3) is 16.6 Å². The molecule has 1 aliphatic heterocycles. The minimum atomic E-state index is -4.68. The predicted molar refractivity (Wildman–Crippen MR) is 219 cm³/mol. The zero-order valence-electron chi connectivity index (χ0n) is 31.0. The number of nitrogens with one attached hydrogen (secondary N) is 2. The number of hydrogen-bond acceptors (Lipinski definition) is 8. The molecule has 58 heavy (non-hydrogen) atoms. The summed E-state index contributed by atoms with van der Waals surface area (Å²) in [5, 5.41) is 7.36. The van der Waals surface area contributed by atoms with Gasteiger partial charge in [-0.3, -0.25) is 9.20 Å². The van der Waals surface area contributed by atoms with E-state index in [0.717, 1.165) is 58.3 Å². The van der Waals surface area contributed by atoms with Crippen LogP contribution in [0.1, 0.15) is 53.0 Å². The van der Waals surface area contributed by atoms with Gasteiger partial charge in [-0.15, -0.1) is 13.2 Å². The van der Waals surface area contributed by atoms with Gasteiger partial charge in [0.25, 0.3) is 5.91 Å². The number of benzene rings is 3. The molecule has 0 saturated carbocycles. The molecule has 5 heterocycles. The number of piperidine rings is 1. The fourth-order valence-electron chi connectivity index (χ4n) is 6.76. The summed E-state index contributed by atoms with van der Waals surface area (Å²) in [7, 11) is 0. The molecule has 1 saturated heterocycles. The summed E-state index contributed by atoms with van der Waals surface area (Å²) in [5.41, 5.74) is 5.55. The van der Waals surface area contributed by atoms with Crippen molar-refractivity contribution in [1.82, 2.24) is 29.7 Å². The molecule has 8 rings (SSSR count). The van der Waals surface area contributed by atoms with Crippen molar-refractivity contribution in [3.8, 4) is 5.75 Å². The van der Waals surface area contributed by atoms with E-state index in [1.54, 1.807) is 47.1 Å². The van der Waals surface area contributed by atoms with Crippen LogP contribution in [0.2, 0.25) is 5.02 Å². The van der Waals surface area contributed by atoms with Gasteiger partial charge in [0, 0.05) is 53.6 Å². The molecule has 0 bridgehead atoms. The summed E-state index contributed by atoms with van der Waals surface area (Å²) < 4.78 is 56.9. The minimum absolute atomic E-state index is 0.200. The average Bonchev–Trinajstić information content (AvgIpc) is 3.59. The molecule has 0 unspecified atom stereocenters. The molecular formula is C42H36BrClF4N8O2. The maximum atomic E-state index is 13.1. The van der Waals surface area contributed by atoms with Crippen molar-refractivity contribution in [3.63, 3.8) is 0 Å². The lowest BCUT2D eigenvalue weighted by atomic mass is 9.89. The topological polar surface area (TPSA) is 110 Å². The molecule has 0 aliphatic carbocycles. The Morgan fingerprint density at radius 1 is 0.948 bits per heavy atom. The number of fused-ring (bicyclic) bond motifs is 2. The number of carbonyl (C=O) groups is 1. The lowest BCUT2D eigenvalue weighted by Gasteiger charge is -2.34. The standard InChI is InChI=1S/C29H28ClF3N4O2.C13H8BrFN4/c1-2-25-27(37-18-22(30)7-12-26(37)35-25)28(38)34-17-19-3-8-23(9-4-19)36-15-13-21(14-16-36)20-5-10-24(11-6-20)39-29(31,32)33;14-8-1-4-12(16-6-8)19-13-10-3-2-9(15)5-11(10)17-7-18-13/h3-12,18,21H,2,13-17H2,1H3,(H,34,38);1-7H,(H,16,17,18,19). The number of alkyl halides is 3. The molecule has 10 nitrogen and oxygen atoms in total. The van der Waals surface area contributed by atoms with Gasteiger partial charge in [0.1, 0.15) is 40.9 Å².